The molecule has 0 saturated carbocycles. The fourth-order valence-corrected chi connectivity index (χ4v) is 2.75. The average Bonchev–Trinajstić information content (AvgIpc) is 2.70. The Morgan fingerprint density at radius 2 is 1.71 bits per heavy atom. The predicted octanol–water partition coefficient (Wildman–Crippen LogP) is 3.64. The highest BCUT2D eigenvalue weighted by Gasteiger charge is 2.11. The van der Waals surface area contributed by atoms with Gasteiger partial charge in [-0.3, -0.25) is 4.99 Å². The average molecular weight is 391 g/mol. The number of alkyl halides is 2. The van der Waals surface area contributed by atoms with Crippen molar-refractivity contribution >= 4 is 5.96 Å². The maximum Gasteiger partial charge on any atom is 0.387 e. The second-order valence-corrected chi connectivity index (χ2v) is 6.13. The Hall–Kier alpha value is -2.83. The summed E-state index contributed by atoms with van der Waals surface area (Å²) in [5.41, 5.74) is 2.18. The van der Waals surface area contributed by atoms with Crippen molar-refractivity contribution in [3.8, 4) is 11.5 Å². The molecule has 7 heteroatoms. The van der Waals surface area contributed by atoms with Crippen LogP contribution >= 0.6 is 0 Å². The van der Waals surface area contributed by atoms with Crippen molar-refractivity contribution in [2.45, 2.75) is 25.9 Å². The van der Waals surface area contributed by atoms with Gasteiger partial charge in [-0.2, -0.15) is 8.78 Å². The summed E-state index contributed by atoms with van der Waals surface area (Å²) in [5.74, 6) is 1.04. The van der Waals surface area contributed by atoms with Gasteiger partial charge in [0, 0.05) is 20.1 Å². The van der Waals surface area contributed by atoms with Crippen molar-refractivity contribution < 1.29 is 18.3 Å². The molecule has 2 N–H and O–H groups in total. The quantitative estimate of drug-likeness (QED) is 0.369. The number of methoxy groups -OCH3 is 1. The van der Waals surface area contributed by atoms with Crippen molar-refractivity contribution in [2.75, 3.05) is 27.2 Å². The molecule has 0 fully saturated rings. The van der Waals surface area contributed by atoms with Crippen LogP contribution in [0.2, 0.25) is 0 Å². The number of aryl methyl sites for hydroxylation is 1. The highest BCUT2D eigenvalue weighted by Crippen LogP contribution is 2.29. The second kappa shape index (κ2) is 11.8. The molecule has 28 heavy (non-hydrogen) atoms. The Bertz CT molecular complexity index is 740. The van der Waals surface area contributed by atoms with E-state index in [-0.39, 0.29) is 11.5 Å². The lowest BCUT2D eigenvalue weighted by Gasteiger charge is -2.13. The molecule has 0 bridgehead atoms. The number of aliphatic imine (C=N–C) groups is 1. The third-order valence-electron chi connectivity index (χ3n) is 4.15. The molecule has 0 saturated heterocycles. The van der Waals surface area contributed by atoms with Gasteiger partial charge in [0.25, 0.3) is 0 Å². The molecular formula is C21H27F2N3O2. The van der Waals surface area contributed by atoms with Crippen molar-refractivity contribution in [1.29, 1.82) is 0 Å². The summed E-state index contributed by atoms with van der Waals surface area (Å²) in [7, 11) is 3.14. The lowest BCUT2D eigenvalue weighted by Crippen LogP contribution is -2.38. The van der Waals surface area contributed by atoms with Crippen LogP contribution in [-0.4, -0.2) is 39.8 Å². The van der Waals surface area contributed by atoms with Crippen molar-refractivity contribution in [3.63, 3.8) is 0 Å². The number of halogens is 2. The topological polar surface area (TPSA) is 54.9 Å². The fourth-order valence-electron chi connectivity index (χ4n) is 2.75. The van der Waals surface area contributed by atoms with Gasteiger partial charge in [0.2, 0.25) is 0 Å². The summed E-state index contributed by atoms with van der Waals surface area (Å²) < 4.78 is 34.6. The molecule has 2 aromatic rings. The van der Waals surface area contributed by atoms with Gasteiger partial charge in [-0.25, -0.2) is 0 Å². The van der Waals surface area contributed by atoms with E-state index in [4.69, 9.17) is 4.74 Å². The van der Waals surface area contributed by atoms with Crippen LogP contribution in [0.5, 0.6) is 11.5 Å². The summed E-state index contributed by atoms with van der Waals surface area (Å²) in [6.07, 6.45) is 2.63. The first-order valence-electron chi connectivity index (χ1n) is 9.22. The first kappa shape index (κ1) is 21.5. The smallest absolute Gasteiger partial charge is 0.387 e. The molecule has 152 valence electrons. The molecular weight excluding hydrogens is 364 g/mol. The minimum absolute atomic E-state index is 0.0402. The minimum atomic E-state index is -2.89. The molecule has 0 aliphatic rings. The zero-order valence-electron chi connectivity index (χ0n) is 16.3. The first-order chi connectivity index (χ1) is 13.6. The van der Waals surface area contributed by atoms with E-state index in [0.717, 1.165) is 24.9 Å². The fraction of sp³-hybridized carbons (Fsp3) is 0.381. The highest BCUT2D eigenvalue weighted by molar-refractivity contribution is 5.79. The molecule has 0 spiro atoms. The highest BCUT2D eigenvalue weighted by atomic mass is 19.3. The van der Waals surface area contributed by atoms with Crippen LogP contribution in [0.1, 0.15) is 17.5 Å². The maximum atomic E-state index is 12.5. The number of nitrogens with zero attached hydrogens (tertiary/aromatic N) is 1. The van der Waals surface area contributed by atoms with E-state index in [1.807, 2.05) is 24.3 Å². The predicted molar refractivity (Wildman–Crippen MR) is 107 cm³/mol. The monoisotopic (exact) mass is 391 g/mol. The van der Waals surface area contributed by atoms with E-state index in [9.17, 15) is 8.78 Å². The van der Waals surface area contributed by atoms with Crippen LogP contribution in [0.3, 0.4) is 0 Å². The molecule has 2 rings (SSSR count). The molecule has 0 aliphatic carbocycles. The van der Waals surface area contributed by atoms with E-state index in [1.165, 1.54) is 12.7 Å². The Balaban J connectivity index is 1.74. The van der Waals surface area contributed by atoms with Gasteiger partial charge in [-0.15, -0.1) is 0 Å². The first-order valence-corrected chi connectivity index (χ1v) is 9.22. The third-order valence-corrected chi connectivity index (χ3v) is 4.15. The van der Waals surface area contributed by atoms with Crippen molar-refractivity contribution in [2.24, 2.45) is 4.99 Å². The summed E-state index contributed by atoms with van der Waals surface area (Å²) in [6.45, 7) is -1.47. The standard InChI is InChI=1S/C21H27F2N3O2/c1-24-21(25-13-6-9-16-7-4-3-5-8-16)26-14-12-17-10-11-18(27-2)19(15-17)28-20(22)23/h3-5,7-8,10-11,15,20H,6,9,12-14H2,1-2H3,(H2,24,25,26). The number of hydrogen-bond acceptors (Lipinski definition) is 3. The summed E-state index contributed by atoms with van der Waals surface area (Å²) >= 11 is 0. The Labute approximate surface area is 164 Å². The lowest BCUT2D eigenvalue weighted by molar-refractivity contribution is -0.0512. The van der Waals surface area contributed by atoms with E-state index >= 15 is 0 Å². The lowest BCUT2D eigenvalue weighted by atomic mass is 10.1. The molecule has 5 nitrogen and oxygen atoms in total. The molecule has 0 aromatic heterocycles. The SMILES string of the molecule is CN=C(NCCCc1ccccc1)NCCc1ccc(OC)c(OC(F)F)c1. The minimum Gasteiger partial charge on any atom is -0.493 e. The number of nitrogens with one attached hydrogen (secondary N) is 2. The number of rotatable bonds is 10. The zero-order valence-corrected chi connectivity index (χ0v) is 16.3. The van der Waals surface area contributed by atoms with Gasteiger partial charge in [0.15, 0.2) is 17.5 Å². The van der Waals surface area contributed by atoms with E-state index < -0.39 is 6.61 Å². The molecule has 0 atom stereocenters. The summed E-state index contributed by atoms with van der Waals surface area (Å²) in [4.78, 5) is 4.20. The molecule has 0 amide bonds. The van der Waals surface area contributed by atoms with E-state index in [2.05, 4.69) is 32.5 Å². The molecule has 2 aromatic carbocycles. The molecule has 0 heterocycles. The van der Waals surface area contributed by atoms with Gasteiger partial charge >= 0.3 is 6.61 Å². The maximum absolute atomic E-state index is 12.5. The van der Waals surface area contributed by atoms with E-state index in [1.54, 1.807) is 19.2 Å². The second-order valence-electron chi connectivity index (χ2n) is 6.13. The third kappa shape index (κ3) is 7.42. The van der Waals surface area contributed by atoms with Gasteiger partial charge in [0.1, 0.15) is 0 Å². The van der Waals surface area contributed by atoms with Gasteiger partial charge in [0.05, 0.1) is 7.11 Å². The van der Waals surface area contributed by atoms with Gasteiger partial charge in [-0.05, 0) is 42.5 Å². The molecule has 0 unspecified atom stereocenters. The van der Waals surface area contributed by atoms with Gasteiger partial charge < -0.3 is 20.1 Å². The largest absolute Gasteiger partial charge is 0.493 e. The Morgan fingerprint density at radius 1 is 0.964 bits per heavy atom. The normalized spacial score (nSPS) is 11.4. The van der Waals surface area contributed by atoms with Crippen LogP contribution in [0.25, 0.3) is 0 Å². The van der Waals surface area contributed by atoms with Gasteiger partial charge in [-0.1, -0.05) is 36.4 Å². The van der Waals surface area contributed by atoms with Crippen LogP contribution in [0, 0.1) is 0 Å². The molecule has 0 aliphatic heterocycles. The van der Waals surface area contributed by atoms with Crippen LogP contribution in [0.15, 0.2) is 53.5 Å². The Kier molecular flexibility index (Phi) is 9.04. The van der Waals surface area contributed by atoms with Crippen molar-refractivity contribution in [1.82, 2.24) is 10.6 Å². The number of ether oxygens (including phenoxy) is 2. The van der Waals surface area contributed by atoms with Crippen molar-refractivity contribution in [3.05, 3.63) is 59.7 Å². The number of hydrogen-bond donors (Lipinski definition) is 2. The number of benzene rings is 2. The van der Waals surface area contributed by atoms with Crippen LogP contribution < -0.4 is 20.1 Å². The van der Waals surface area contributed by atoms with Crippen LogP contribution in [0.4, 0.5) is 8.78 Å². The molecule has 0 radical (unpaired) electrons. The Morgan fingerprint density at radius 3 is 2.39 bits per heavy atom. The van der Waals surface area contributed by atoms with E-state index in [0.29, 0.717) is 18.9 Å². The summed E-state index contributed by atoms with van der Waals surface area (Å²) in [6, 6.07) is 15.4. The van der Waals surface area contributed by atoms with Crippen LogP contribution in [-0.2, 0) is 12.8 Å². The number of guanidine groups is 1. The summed E-state index contributed by atoms with van der Waals surface area (Å²) in [5, 5.41) is 6.50. The zero-order chi connectivity index (χ0) is 20.2.